The van der Waals surface area contributed by atoms with Gasteiger partial charge < -0.3 is 0 Å². The van der Waals surface area contributed by atoms with Gasteiger partial charge in [0.1, 0.15) is 0 Å². The Morgan fingerprint density at radius 2 is 1.72 bits per heavy atom. The summed E-state index contributed by atoms with van der Waals surface area (Å²) in [6.07, 6.45) is 0. The highest BCUT2D eigenvalue weighted by molar-refractivity contribution is 8.03. The van der Waals surface area contributed by atoms with Crippen LogP contribution in [-0.4, -0.2) is 27.6 Å². The lowest BCUT2D eigenvalue weighted by Gasteiger charge is -2.06. The maximum absolute atomic E-state index is 12.3. The molecule has 0 aliphatic carbocycles. The van der Waals surface area contributed by atoms with Gasteiger partial charge in [-0.3, -0.25) is 4.79 Å². The van der Waals surface area contributed by atoms with Crippen molar-refractivity contribution in [1.29, 1.82) is 0 Å². The zero-order chi connectivity index (χ0) is 22.3. The molecule has 0 fully saturated rings. The molecule has 4 rings (SSSR count). The fourth-order valence-corrected chi connectivity index (χ4v) is 6.07. The fourth-order valence-electron chi connectivity index (χ4n) is 2.98. The summed E-state index contributed by atoms with van der Waals surface area (Å²) >= 11 is 10.6. The van der Waals surface area contributed by atoms with E-state index in [-0.39, 0.29) is 11.7 Å². The lowest BCUT2D eigenvalue weighted by molar-refractivity contribution is -0.118. The molecule has 0 saturated heterocycles. The summed E-state index contributed by atoms with van der Waals surface area (Å²) in [5.41, 5.74) is 5.46. The van der Waals surface area contributed by atoms with Gasteiger partial charge >= 0.3 is 0 Å². The van der Waals surface area contributed by atoms with Crippen LogP contribution in [0.15, 0.2) is 80.5 Å². The Kier molecular flexibility index (Phi) is 7.81. The predicted molar refractivity (Wildman–Crippen MR) is 136 cm³/mol. The van der Waals surface area contributed by atoms with Crippen molar-refractivity contribution in [2.75, 3.05) is 5.75 Å². The molecule has 0 radical (unpaired) electrons. The van der Waals surface area contributed by atoms with E-state index >= 15 is 0 Å². The zero-order valence-corrected chi connectivity index (χ0v) is 20.3. The first-order valence-corrected chi connectivity index (χ1v) is 12.9. The number of hydrogen-bond donors (Lipinski definition) is 1. The first-order chi connectivity index (χ1) is 15.6. The van der Waals surface area contributed by atoms with Crippen molar-refractivity contribution < 1.29 is 4.79 Å². The predicted octanol–water partition coefficient (Wildman–Crippen LogP) is 6.27. The number of carbonyl (C=O) groups excluding carboxylic acids is 1. The highest BCUT2D eigenvalue weighted by atomic mass is 35.5. The molecule has 1 N–H and O–H groups in total. The van der Waals surface area contributed by atoms with E-state index in [9.17, 15) is 4.79 Å². The van der Waals surface area contributed by atoms with Crippen LogP contribution in [0.4, 0.5) is 0 Å². The number of benzene rings is 3. The highest BCUT2D eigenvalue weighted by Gasteiger charge is 2.10. The largest absolute Gasteiger partial charge is 0.272 e. The first kappa shape index (κ1) is 22.8. The minimum Gasteiger partial charge on any atom is -0.272 e. The molecule has 0 unspecified atom stereocenters. The Labute approximate surface area is 203 Å². The van der Waals surface area contributed by atoms with Crippen LogP contribution in [0.2, 0.25) is 5.02 Å². The number of carbonyl (C=O) groups is 1. The minimum atomic E-state index is -0.185. The van der Waals surface area contributed by atoms with Gasteiger partial charge in [-0.2, -0.15) is 5.10 Å². The molecule has 1 amide bonds. The molecule has 0 aliphatic heterocycles. The van der Waals surface area contributed by atoms with Gasteiger partial charge in [-0.15, -0.1) is 10.2 Å². The summed E-state index contributed by atoms with van der Waals surface area (Å²) in [6, 6.07) is 21.9. The van der Waals surface area contributed by atoms with Gasteiger partial charge in [0.25, 0.3) is 5.91 Å². The quantitative estimate of drug-likeness (QED) is 0.176. The van der Waals surface area contributed by atoms with Gasteiger partial charge in [-0.25, -0.2) is 5.43 Å². The minimum absolute atomic E-state index is 0.185. The van der Waals surface area contributed by atoms with E-state index in [1.54, 1.807) is 11.8 Å². The van der Waals surface area contributed by atoms with Crippen molar-refractivity contribution in [2.45, 2.75) is 21.4 Å². The van der Waals surface area contributed by atoms with Gasteiger partial charge in [0.15, 0.2) is 8.68 Å². The third-order valence-corrected chi connectivity index (χ3v) is 8.16. The van der Waals surface area contributed by atoms with Crippen LogP contribution >= 0.6 is 46.5 Å². The summed E-state index contributed by atoms with van der Waals surface area (Å²) in [5.74, 6) is 0.757. The summed E-state index contributed by atoms with van der Waals surface area (Å²) in [7, 11) is 0. The van der Waals surface area contributed by atoms with Gasteiger partial charge in [0.2, 0.25) is 0 Å². The van der Waals surface area contributed by atoms with Crippen molar-refractivity contribution in [3.05, 3.63) is 82.9 Å². The summed E-state index contributed by atoms with van der Waals surface area (Å²) in [5, 5.41) is 15.6. The molecule has 0 spiro atoms. The third kappa shape index (κ3) is 5.89. The van der Waals surface area contributed by atoms with E-state index in [0.717, 1.165) is 47.1 Å². The molecule has 0 aliphatic rings. The maximum atomic E-state index is 12.3. The molecule has 0 bridgehead atoms. The summed E-state index contributed by atoms with van der Waals surface area (Å²) in [4.78, 5) is 12.3. The van der Waals surface area contributed by atoms with Crippen LogP contribution < -0.4 is 5.43 Å². The van der Waals surface area contributed by atoms with Crippen molar-refractivity contribution in [3.63, 3.8) is 0 Å². The second kappa shape index (κ2) is 11.0. The topological polar surface area (TPSA) is 67.2 Å². The smallest absolute Gasteiger partial charge is 0.250 e. The summed E-state index contributed by atoms with van der Waals surface area (Å²) in [6.45, 7) is 1.89. The molecule has 32 heavy (non-hydrogen) atoms. The van der Waals surface area contributed by atoms with E-state index in [1.165, 1.54) is 23.1 Å². The number of hydrogen-bond acceptors (Lipinski definition) is 7. The number of hydrazone groups is 1. The average molecular weight is 499 g/mol. The summed E-state index contributed by atoms with van der Waals surface area (Å²) < 4.78 is 1.59. The molecular formula is C23H19ClN4OS3. The average Bonchev–Trinajstić information content (AvgIpc) is 3.28. The second-order valence-electron chi connectivity index (χ2n) is 6.76. The number of rotatable bonds is 8. The number of aromatic nitrogens is 2. The maximum Gasteiger partial charge on any atom is 0.250 e. The van der Waals surface area contributed by atoms with E-state index in [0.29, 0.717) is 0 Å². The van der Waals surface area contributed by atoms with Gasteiger partial charge in [0, 0.05) is 16.3 Å². The van der Waals surface area contributed by atoms with E-state index in [1.807, 2.05) is 55.5 Å². The molecule has 0 saturated carbocycles. The third-order valence-electron chi connectivity index (χ3n) is 4.55. The van der Waals surface area contributed by atoms with Crippen LogP contribution in [0, 0.1) is 0 Å². The van der Waals surface area contributed by atoms with Crippen LogP contribution in [0.3, 0.4) is 0 Å². The second-order valence-corrected chi connectivity index (χ2v) is 10.6. The Morgan fingerprint density at radius 3 is 2.56 bits per heavy atom. The van der Waals surface area contributed by atoms with Crippen LogP contribution in [0.1, 0.15) is 18.1 Å². The molecule has 3 aromatic carbocycles. The van der Waals surface area contributed by atoms with Gasteiger partial charge in [-0.05, 0) is 29.3 Å². The van der Waals surface area contributed by atoms with Gasteiger partial charge in [0.05, 0.1) is 11.5 Å². The normalized spacial score (nSPS) is 11.6. The van der Waals surface area contributed by atoms with Crippen LogP contribution in [0.5, 0.6) is 0 Å². The van der Waals surface area contributed by atoms with Crippen molar-refractivity contribution in [2.24, 2.45) is 5.10 Å². The number of amides is 1. The molecule has 162 valence electrons. The molecule has 1 aromatic heterocycles. The molecule has 9 heteroatoms. The van der Waals surface area contributed by atoms with Crippen LogP contribution in [0.25, 0.3) is 10.8 Å². The molecular weight excluding hydrogens is 480 g/mol. The number of nitrogens with one attached hydrogen (secondary N) is 1. The first-order valence-electron chi connectivity index (χ1n) is 9.74. The van der Waals surface area contributed by atoms with Crippen molar-refractivity contribution in [1.82, 2.24) is 15.6 Å². The number of nitrogens with zero attached hydrogens (tertiary/aromatic N) is 3. The number of halogens is 1. The fraction of sp³-hybridized carbons (Fsp3) is 0.130. The molecule has 4 aromatic rings. The van der Waals surface area contributed by atoms with Gasteiger partial charge in [-0.1, -0.05) is 107 Å². The molecule has 5 nitrogen and oxygen atoms in total. The lowest BCUT2D eigenvalue weighted by Crippen LogP contribution is -2.21. The lowest BCUT2D eigenvalue weighted by atomic mass is 10.0. The van der Waals surface area contributed by atoms with Crippen molar-refractivity contribution >= 4 is 68.9 Å². The van der Waals surface area contributed by atoms with Crippen molar-refractivity contribution in [3.8, 4) is 0 Å². The Balaban J connectivity index is 1.29. The Morgan fingerprint density at radius 1 is 1.00 bits per heavy atom. The van der Waals surface area contributed by atoms with E-state index in [4.69, 9.17) is 11.6 Å². The van der Waals surface area contributed by atoms with E-state index in [2.05, 4.69) is 38.9 Å². The molecule has 1 heterocycles. The standard InChI is InChI=1S/C23H19ClN4OS3/c1-15(18-11-6-9-16-7-2-4-10-19(16)18)25-26-21(29)14-31-23-28-27-22(32-23)30-13-17-8-3-5-12-20(17)24/h2-12H,13-14H2,1H3,(H,26,29)/b25-15-. The number of fused-ring (bicyclic) bond motifs is 1. The van der Waals surface area contributed by atoms with E-state index < -0.39 is 0 Å². The Bertz CT molecular complexity index is 1270. The molecule has 0 atom stereocenters. The number of thioether (sulfide) groups is 2. The SMILES string of the molecule is C/C(=N/NC(=O)CSc1nnc(SCc2ccccc2Cl)s1)c1cccc2ccccc12. The highest BCUT2D eigenvalue weighted by Crippen LogP contribution is 2.32. The monoisotopic (exact) mass is 498 g/mol. The Hall–Kier alpha value is -2.39. The van der Waals surface area contributed by atoms with Crippen LogP contribution in [-0.2, 0) is 10.5 Å². The zero-order valence-electron chi connectivity index (χ0n) is 17.1.